The van der Waals surface area contributed by atoms with Gasteiger partial charge in [0.05, 0.1) is 11.0 Å². The molecule has 1 unspecified atom stereocenters. The molecule has 1 saturated carbocycles. The number of phenols is 1. The van der Waals surface area contributed by atoms with Crippen LogP contribution in [0.4, 0.5) is 0 Å². The standard InChI is InChI=1S/C21H23ClN2O2/c22-17-6-4-14(5-7-17)12-24-20-9-8-18(26)11-19(20)23-21(24)10-15-2-1-3-16(15)13-25/h4-9,11,15-16,25-26H,1-3,10,12-13H2/t15?,16-/m0/s1. The number of rotatable bonds is 5. The van der Waals surface area contributed by atoms with Gasteiger partial charge in [0, 0.05) is 30.7 Å². The van der Waals surface area contributed by atoms with Crippen LogP contribution >= 0.6 is 11.6 Å². The Kier molecular flexibility index (Phi) is 4.88. The molecule has 5 heteroatoms. The molecule has 4 rings (SSSR count). The molecule has 1 aliphatic carbocycles. The van der Waals surface area contributed by atoms with Crippen LogP contribution in [0.5, 0.6) is 5.75 Å². The fraction of sp³-hybridized carbons (Fsp3) is 0.381. The highest BCUT2D eigenvalue weighted by Crippen LogP contribution is 2.34. The van der Waals surface area contributed by atoms with Gasteiger partial charge >= 0.3 is 0 Å². The van der Waals surface area contributed by atoms with Crippen molar-refractivity contribution in [1.82, 2.24) is 9.55 Å². The van der Waals surface area contributed by atoms with Gasteiger partial charge in [-0.3, -0.25) is 0 Å². The molecule has 3 aromatic rings. The number of aliphatic hydroxyl groups excluding tert-OH is 1. The zero-order valence-electron chi connectivity index (χ0n) is 14.6. The molecule has 4 nitrogen and oxygen atoms in total. The third-order valence-corrected chi connectivity index (χ3v) is 5.81. The molecule has 1 aromatic heterocycles. The summed E-state index contributed by atoms with van der Waals surface area (Å²) in [7, 11) is 0. The van der Waals surface area contributed by atoms with Gasteiger partial charge < -0.3 is 14.8 Å². The van der Waals surface area contributed by atoms with E-state index < -0.39 is 0 Å². The lowest BCUT2D eigenvalue weighted by atomic mass is 9.93. The Morgan fingerprint density at radius 3 is 2.62 bits per heavy atom. The lowest BCUT2D eigenvalue weighted by molar-refractivity contribution is 0.192. The number of benzene rings is 2. The highest BCUT2D eigenvalue weighted by atomic mass is 35.5. The number of imidazole rings is 1. The second-order valence-corrected chi connectivity index (χ2v) is 7.69. The van der Waals surface area contributed by atoms with Crippen LogP contribution < -0.4 is 0 Å². The Morgan fingerprint density at radius 1 is 1.08 bits per heavy atom. The first-order valence-electron chi connectivity index (χ1n) is 9.17. The van der Waals surface area contributed by atoms with Crippen molar-refractivity contribution < 1.29 is 10.2 Å². The van der Waals surface area contributed by atoms with Crippen LogP contribution in [-0.4, -0.2) is 26.4 Å². The molecule has 136 valence electrons. The molecule has 2 atom stereocenters. The van der Waals surface area contributed by atoms with Crippen molar-refractivity contribution in [3.05, 3.63) is 58.9 Å². The molecule has 0 aliphatic heterocycles. The van der Waals surface area contributed by atoms with Crippen molar-refractivity contribution in [1.29, 1.82) is 0 Å². The Labute approximate surface area is 158 Å². The number of aromatic hydroxyl groups is 1. The summed E-state index contributed by atoms with van der Waals surface area (Å²) in [4.78, 5) is 4.81. The number of nitrogens with zero attached hydrogens (tertiary/aromatic N) is 2. The lowest BCUT2D eigenvalue weighted by Crippen LogP contribution is -2.17. The van der Waals surface area contributed by atoms with Crippen molar-refractivity contribution in [3.63, 3.8) is 0 Å². The molecule has 26 heavy (non-hydrogen) atoms. The minimum atomic E-state index is 0.231. The van der Waals surface area contributed by atoms with E-state index in [4.69, 9.17) is 16.6 Å². The number of phenolic OH excluding ortho intramolecular Hbond substituents is 1. The predicted molar refractivity (Wildman–Crippen MR) is 104 cm³/mol. The summed E-state index contributed by atoms with van der Waals surface area (Å²) >= 11 is 6.01. The Hall–Kier alpha value is -2.04. The SMILES string of the molecule is OC[C@@H]1CCCC1Cc1nc2cc(O)ccc2n1Cc1ccc(Cl)cc1. The minimum absolute atomic E-state index is 0.231. The first kappa shape index (κ1) is 17.4. The van der Waals surface area contributed by atoms with Crippen molar-refractivity contribution in [2.24, 2.45) is 11.8 Å². The number of hydrogen-bond acceptors (Lipinski definition) is 3. The average molecular weight is 371 g/mol. The van der Waals surface area contributed by atoms with Gasteiger partial charge in [0.2, 0.25) is 0 Å². The van der Waals surface area contributed by atoms with Crippen molar-refractivity contribution in [2.45, 2.75) is 32.2 Å². The summed E-state index contributed by atoms with van der Waals surface area (Å²) in [6.07, 6.45) is 4.27. The van der Waals surface area contributed by atoms with Gasteiger partial charge in [-0.2, -0.15) is 0 Å². The fourth-order valence-electron chi connectivity index (χ4n) is 4.13. The van der Waals surface area contributed by atoms with E-state index in [-0.39, 0.29) is 12.4 Å². The average Bonchev–Trinajstić information content (AvgIpc) is 3.21. The first-order valence-corrected chi connectivity index (χ1v) is 9.55. The maximum absolute atomic E-state index is 9.82. The van der Waals surface area contributed by atoms with Crippen LogP contribution in [0.3, 0.4) is 0 Å². The van der Waals surface area contributed by atoms with Crippen LogP contribution in [0.1, 0.15) is 30.7 Å². The Balaban J connectivity index is 1.71. The summed E-state index contributed by atoms with van der Waals surface area (Å²) in [6.45, 7) is 0.965. The van der Waals surface area contributed by atoms with E-state index in [1.54, 1.807) is 12.1 Å². The second-order valence-electron chi connectivity index (χ2n) is 7.25. The van der Waals surface area contributed by atoms with E-state index in [1.807, 2.05) is 30.3 Å². The first-order chi connectivity index (χ1) is 12.6. The number of fused-ring (bicyclic) bond motifs is 1. The van der Waals surface area contributed by atoms with Gasteiger partial charge in [0.15, 0.2) is 0 Å². The smallest absolute Gasteiger partial charge is 0.117 e. The van der Waals surface area contributed by atoms with E-state index in [2.05, 4.69) is 4.57 Å². The molecule has 1 heterocycles. The molecular weight excluding hydrogens is 348 g/mol. The zero-order chi connectivity index (χ0) is 18.1. The topological polar surface area (TPSA) is 58.3 Å². The van der Waals surface area contributed by atoms with Crippen LogP contribution in [0.15, 0.2) is 42.5 Å². The zero-order valence-corrected chi connectivity index (χ0v) is 15.4. The molecular formula is C21H23ClN2O2. The molecule has 0 saturated heterocycles. The van der Waals surface area contributed by atoms with E-state index in [0.717, 1.165) is 46.7 Å². The van der Waals surface area contributed by atoms with Gasteiger partial charge in [0.1, 0.15) is 11.6 Å². The van der Waals surface area contributed by atoms with Gasteiger partial charge in [-0.05, 0) is 54.5 Å². The Morgan fingerprint density at radius 2 is 1.85 bits per heavy atom. The van der Waals surface area contributed by atoms with Crippen LogP contribution in [0.2, 0.25) is 5.02 Å². The molecule has 2 N–H and O–H groups in total. The van der Waals surface area contributed by atoms with E-state index in [9.17, 15) is 10.2 Å². The number of hydrogen-bond donors (Lipinski definition) is 2. The summed E-state index contributed by atoms with van der Waals surface area (Å²) in [5.74, 6) is 2.08. The molecule has 0 bridgehead atoms. The van der Waals surface area contributed by atoms with Gasteiger partial charge in [-0.15, -0.1) is 0 Å². The van der Waals surface area contributed by atoms with Crippen molar-refractivity contribution in [2.75, 3.05) is 6.61 Å². The summed E-state index contributed by atoms with van der Waals surface area (Å²) in [5.41, 5.74) is 2.99. The van der Waals surface area contributed by atoms with Gasteiger partial charge in [-0.1, -0.05) is 30.2 Å². The third kappa shape index (κ3) is 3.44. The van der Waals surface area contributed by atoms with E-state index in [0.29, 0.717) is 18.4 Å². The maximum atomic E-state index is 9.82. The van der Waals surface area contributed by atoms with Crippen LogP contribution in [-0.2, 0) is 13.0 Å². The number of halogens is 1. The molecule has 1 fully saturated rings. The highest BCUT2D eigenvalue weighted by molar-refractivity contribution is 6.30. The molecule has 0 radical (unpaired) electrons. The third-order valence-electron chi connectivity index (χ3n) is 5.56. The van der Waals surface area contributed by atoms with Gasteiger partial charge in [-0.25, -0.2) is 4.98 Å². The van der Waals surface area contributed by atoms with Crippen molar-refractivity contribution in [3.8, 4) is 5.75 Å². The number of aromatic nitrogens is 2. The quantitative estimate of drug-likeness (QED) is 0.700. The molecule has 2 aromatic carbocycles. The highest BCUT2D eigenvalue weighted by Gasteiger charge is 2.28. The van der Waals surface area contributed by atoms with Gasteiger partial charge in [0.25, 0.3) is 0 Å². The summed E-state index contributed by atoms with van der Waals surface area (Å²) < 4.78 is 2.23. The summed E-state index contributed by atoms with van der Waals surface area (Å²) in [5, 5.41) is 20.2. The monoisotopic (exact) mass is 370 g/mol. The van der Waals surface area contributed by atoms with E-state index in [1.165, 1.54) is 6.42 Å². The van der Waals surface area contributed by atoms with Crippen molar-refractivity contribution >= 4 is 22.6 Å². The summed E-state index contributed by atoms with van der Waals surface area (Å²) in [6, 6.07) is 13.2. The lowest BCUT2D eigenvalue weighted by Gasteiger charge is -2.18. The van der Waals surface area contributed by atoms with E-state index >= 15 is 0 Å². The second kappa shape index (κ2) is 7.29. The largest absolute Gasteiger partial charge is 0.508 e. The fourth-order valence-corrected chi connectivity index (χ4v) is 4.26. The predicted octanol–water partition coefficient (Wildman–Crippen LogP) is 4.39. The molecule has 0 spiro atoms. The van der Waals surface area contributed by atoms with Crippen LogP contribution in [0, 0.1) is 11.8 Å². The van der Waals surface area contributed by atoms with Crippen LogP contribution in [0.25, 0.3) is 11.0 Å². The normalized spacial score (nSPS) is 20.1. The molecule has 1 aliphatic rings. The number of aliphatic hydroxyl groups is 1. The maximum Gasteiger partial charge on any atom is 0.117 e. The Bertz CT molecular complexity index is 904. The minimum Gasteiger partial charge on any atom is -0.508 e. The molecule has 0 amide bonds.